The maximum atomic E-state index is 13.4. The van der Waals surface area contributed by atoms with Crippen molar-refractivity contribution in [2.24, 2.45) is 0 Å². The van der Waals surface area contributed by atoms with Gasteiger partial charge >= 0.3 is 18.0 Å². The Hall–Kier alpha value is -3.79. The van der Waals surface area contributed by atoms with E-state index in [1.807, 2.05) is 0 Å². The Kier molecular flexibility index (Phi) is 6.81. The van der Waals surface area contributed by atoms with Crippen molar-refractivity contribution in [1.82, 2.24) is 4.90 Å². The van der Waals surface area contributed by atoms with E-state index >= 15 is 0 Å². The van der Waals surface area contributed by atoms with Crippen LogP contribution in [-0.2, 0) is 18.9 Å². The summed E-state index contributed by atoms with van der Waals surface area (Å²) in [7, 11) is 1.16. The molecule has 0 bridgehead atoms. The van der Waals surface area contributed by atoms with Gasteiger partial charge in [-0.25, -0.2) is 4.79 Å². The fourth-order valence-corrected chi connectivity index (χ4v) is 4.09. The number of halogens is 7. The summed E-state index contributed by atoms with van der Waals surface area (Å²) in [5.41, 5.74) is -4.14. The van der Waals surface area contributed by atoms with E-state index in [2.05, 4.69) is 0 Å². The van der Waals surface area contributed by atoms with E-state index in [0.717, 1.165) is 11.9 Å². The molecule has 0 saturated heterocycles. The lowest BCUT2D eigenvalue weighted by Crippen LogP contribution is -2.31. The van der Waals surface area contributed by atoms with Crippen molar-refractivity contribution in [2.45, 2.75) is 18.9 Å². The third-order valence-electron chi connectivity index (χ3n) is 5.56. The maximum Gasteiger partial charge on any atom is 0.416 e. The predicted molar refractivity (Wildman–Crippen MR) is 125 cm³/mol. The number of carbonyl (C=O) groups excluding carboxylic acids is 1. The van der Waals surface area contributed by atoms with Crippen molar-refractivity contribution >= 4 is 28.5 Å². The first-order valence-electron chi connectivity index (χ1n) is 10.6. The molecule has 0 aliphatic rings. The molecule has 4 aromatic rings. The number of amides is 1. The average Bonchev–Trinajstić information content (AvgIpc) is 2.82. The highest BCUT2D eigenvalue weighted by Crippen LogP contribution is 2.37. The molecule has 0 aliphatic heterocycles. The fraction of sp³-hybridized carbons (Fsp3) is 0.154. The van der Waals surface area contributed by atoms with Crippen LogP contribution in [0.4, 0.5) is 26.3 Å². The molecule has 3 aromatic carbocycles. The Morgan fingerprint density at radius 3 is 2.05 bits per heavy atom. The van der Waals surface area contributed by atoms with E-state index in [4.69, 9.17) is 16.0 Å². The van der Waals surface area contributed by atoms with Crippen LogP contribution in [0.25, 0.3) is 22.1 Å². The molecule has 37 heavy (non-hydrogen) atoms. The van der Waals surface area contributed by atoms with Gasteiger partial charge in [0.2, 0.25) is 0 Å². The Morgan fingerprint density at radius 1 is 0.892 bits per heavy atom. The number of nitrogens with zero attached hydrogens (tertiary/aromatic N) is 1. The maximum absolute atomic E-state index is 13.4. The smallest absolute Gasteiger partial charge is 0.416 e. The van der Waals surface area contributed by atoms with Crippen molar-refractivity contribution in [3.63, 3.8) is 0 Å². The molecule has 0 saturated carbocycles. The van der Waals surface area contributed by atoms with Gasteiger partial charge in [0.15, 0.2) is 0 Å². The fourth-order valence-electron chi connectivity index (χ4n) is 3.92. The zero-order valence-electron chi connectivity index (χ0n) is 18.9. The third kappa shape index (κ3) is 5.48. The lowest BCUT2D eigenvalue weighted by Gasteiger charge is -2.21. The van der Waals surface area contributed by atoms with Gasteiger partial charge in [0.25, 0.3) is 5.91 Å². The van der Waals surface area contributed by atoms with Gasteiger partial charge in [0.1, 0.15) is 11.1 Å². The molecule has 1 aromatic heterocycles. The number of alkyl halides is 6. The number of hydrogen-bond donors (Lipinski definition) is 0. The van der Waals surface area contributed by atoms with Crippen LogP contribution in [0.5, 0.6) is 0 Å². The van der Waals surface area contributed by atoms with Gasteiger partial charge < -0.3 is 9.32 Å². The highest BCUT2D eigenvalue weighted by Gasteiger charge is 2.37. The molecule has 1 heterocycles. The zero-order chi connectivity index (χ0) is 27.1. The number of rotatable bonds is 4. The molecule has 0 fully saturated rings. The minimum Gasteiger partial charge on any atom is -0.422 e. The van der Waals surface area contributed by atoms with Crippen molar-refractivity contribution < 1.29 is 35.6 Å². The highest BCUT2D eigenvalue weighted by molar-refractivity contribution is 6.31. The minimum absolute atomic E-state index is 0.000528. The number of hydrogen-bond acceptors (Lipinski definition) is 3. The lowest BCUT2D eigenvalue weighted by atomic mass is 9.96. The van der Waals surface area contributed by atoms with Crippen molar-refractivity contribution in [1.29, 1.82) is 0 Å². The molecule has 0 radical (unpaired) electrons. The van der Waals surface area contributed by atoms with Crippen LogP contribution in [0.15, 0.2) is 75.9 Å². The summed E-state index contributed by atoms with van der Waals surface area (Å²) in [4.78, 5) is 27.2. The van der Waals surface area contributed by atoms with E-state index in [1.165, 1.54) is 18.2 Å². The molecule has 0 unspecified atom stereocenters. The summed E-state index contributed by atoms with van der Waals surface area (Å²) < 4.78 is 84.9. The van der Waals surface area contributed by atoms with Crippen molar-refractivity contribution in [3.8, 4) is 11.1 Å². The molecule has 11 heteroatoms. The quantitative estimate of drug-likeness (QED) is 0.200. The minimum atomic E-state index is -5.04. The Balaban J connectivity index is 1.83. The summed E-state index contributed by atoms with van der Waals surface area (Å²) in [6.45, 7) is -0.646. The van der Waals surface area contributed by atoms with E-state index in [1.54, 1.807) is 30.3 Å². The van der Waals surface area contributed by atoms with Gasteiger partial charge in [-0.3, -0.25) is 4.79 Å². The molecular weight excluding hydrogens is 524 g/mol. The summed E-state index contributed by atoms with van der Waals surface area (Å²) in [6, 6.07) is 13.8. The van der Waals surface area contributed by atoms with Crippen LogP contribution in [0.2, 0.25) is 5.02 Å². The Labute approximate surface area is 210 Å². The topological polar surface area (TPSA) is 50.5 Å². The van der Waals surface area contributed by atoms with Gasteiger partial charge in [-0.1, -0.05) is 41.9 Å². The molecule has 0 atom stereocenters. The first-order chi connectivity index (χ1) is 17.3. The van der Waals surface area contributed by atoms with E-state index in [9.17, 15) is 35.9 Å². The summed E-state index contributed by atoms with van der Waals surface area (Å²) in [5.74, 6) is -0.958. The molecule has 1 amide bonds. The molecule has 0 N–H and O–H groups in total. The normalized spacial score (nSPS) is 12.1. The highest BCUT2D eigenvalue weighted by atomic mass is 35.5. The lowest BCUT2D eigenvalue weighted by molar-refractivity contribution is -0.143. The second-order valence-corrected chi connectivity index (χ2v) is 8.66. The average molecular weight is 540 g/mol. The number of fused-ring (bicyclic) bond motifs is 1. The Morgan fingerprint density at radius 2 is 1.49 bits per heavy atom. The van der Waals surface area contributed by atoms with Crippen LogP contribution >= 0.6 is 11.6 Å². The van der Waals surface area contributed by atoms with Crippen LogP contribution in [0.1, 0.15) is 27.0 Å². The van der Waals surface area contributed by atoms with Crippen molar-refractivity contribution in [3.05, 3.63) is 104 Å². The summed E-state index contributed by atoms with van der Waals surface area (Å²) in [6.07, 6.45) is -10.1. The van der Waals surface area contributed by atoms with Crippen LogP contribution in [-0.4, -0.2) is 17.9 Å². The number of carbonyl (C=O) groups is 1. The predicted octanol–water partition coefficient (Wildman–Crippen LogP) is 7.42. The zero-order valence-corrected chi connectivity index (χ0v) is 19.6. The first-order valence-corrected chi connectivity index (χ1v) is 11.0. The second-order valence-electron chi connectivity index (χ2n) is 8.22. The van der Waals surface area contributed by atoms with Gasteiger partial charge in [0, 0.05) is 29.6 Å². The summed E-state index contributed by atoms with van der Waals surface area (Å²) in [5, 5.41) is 0.613. The standard InChI is InChI=1S/C26H16ClF6NO3/c1-34(13-14-9-16(25(28,29)30)11-17(10-14)26(31,32)33)23(35)22-21(15-5-3-2-4-6-15)19-12-18(27)7-8-20(19)37-24(22)36/h2-12H,13H2,1H3. The van der Waals surface area contributed by atoms with Crippen LogP contribution in [0, 0.1) is 0 Å². The van der Waals surface area contributed by atoms with Crippen LogP contribution < -0.4 is 5.63 Å². The SMILES string of the molecule is CN(Cc1cc(C(F)(F)F)cc(C(F)(F)F)c1)C(=O)c1c(-c2ccccc2)c2cc(Cl)ccc2oc1=O. The van der Waals surface area contributed by atoms with E-state index in [-0.39, 0.29) is 22.2 Å². The van der Waals surface area contributed by atoms with E-state index < -0.39 is 52.7 Å². The van der Waals surface area contributed by atoms with Gasteiger partial charge in [-0.2, -0.15) is 26.3 Å². The first kappa shape index (κ1) is 26.3. The summed E-state index contributed by atoms with van der Waals surface area (Å²) >= 11 is 6.12. The van der Waals surface area contributed by atoms with Crippen molar-refractivity contribution in [2.75, 3.05) is 7.05 Å². The second kappa shape index (κ2) is 9.59. The third-order valence-corrected chi connectivity index (χ3v) is 5.79. The molecule has 0 aliphatic carbocycles. The van der Waals surface area contributed by atoms with Gasteiger partial charge in [0.05, 0.1) is 11.1 Å². The number of benzene rings is 3. The van der Waals surface area contributed by atoms with Gasteiger partial charge in [-0.05, 0) is 47.5 Å². The molecule has 192 valence electrons. The molecular formula is C26H16ClF6NO3. The molecule has 0 spiro atoms. The molecule has 4 nitrogen and oxygen atoms in total. The Bertz CT molecular complexity index is 1510. The largest absolute Gasteiger partial charge is 0.422 e. The van der Waals surface area contributed by atoms with E-state index in [0.29, 0.717) is 23.1 Å². The monoisotopic (exact) mass is 539 g/mol. The van der Waals surface area contributed by atoms with Crippen LogP contribution in [0.3, 0.4) is 0 Å². The van der Waals surface area contributed by atoms with Gasteiger partial charge in [-0.15, -0.1) is 0 Å². The molecule has 4 rings (SSSR count).